The number of hydrogen-bond donors (Lipinski definition) is 2. The van der Waals surface area contributed by atoms with Crippen LogP contribution in [0.25, 0.3) is 0 Å². The lowest BCUT2D eigenvalue weighted by Crippen LogP contribution is -2.33. The van der Waals surface area contributed by atoms with E-state index in [0.29, 0.717) is 24.7 Å². The number of amides is 1. The minimum Gasteiger partial charge on any atom is -0.383 e. The summed E-state index contributed by atoms with van der Waals surface area (Å²) < 4.78 is 7.46. The summed E-state index contributed by atoms with van der Waals surface area (Å²) >= 11 is 5.70. The second-order valence-corrected chi connectivity index (χ2v) is 7.99. The fraction of sp³-hybridized carbons (Fsp3) is 0.292. The summed E-state index contributed by atoms with van der Waals surface area (Å²) in [5, 5.41) is 7.01. The number of methoxy groups -OCH3 is 1. The molecule has 1 saturated heterocycles. The molecule has 166 valence electrons. The lowest BCUT2D eigenvalue weighted by atomic mass is 10.0. The Balaban J connectivity index is 1.56. The fourth-order valence-corrected chi connectivity index (χ4v) is 4.36. The predicted molar refractivity (Wildman–Crippen MR) is 128 cm³/mol. The normalized spacial score (nSPS) is 17.9. The number of nitrogens with one attached hydrogen (secondary N) is 2. The van der Waals surface area contributed by atoms with Gasteiger partial charge in [-0.25, -0.2) is 0 Å². The number of nitrogens with zero attached hydrogens (tertiary/aromatic N) is 3. The standard InChI is InChI=1S/C24H27N5O2S/c1-31-17-16-28-14-7-11-20(28)23-22(19-10-5-6-13-25-19)27-24(32)29(23)15-12-21(30)26-18-8-3-2-4-9-18/h2-11,13-14,22-23H,12,15-17H2,1H3,(H,26,30)(H,27,32)/t22-,23-/m1/s1. The molecule has 1 amide bonds. The molecule has 2 N–H and O–H groups in total. The molecule has 4 rings (SSSR count). The zero-order chi connectivity index (χ0) is 22.3. The number of aromatic nitrogens is 2. The number of benzene rings is 1. The molecule has 2 atom stereocenters. The van der Waals surface area contributed by atoms with E-state index in [1.54, 1.807) is 13.3 Å². The Kier molecular flexibility index (Phi) is 7.14. The van der Waals surface area contributed by atoms with Crippen LogP contribution in [0.3, 0.4) is 0 Å². The quantitative estimate of drug-likeness (QED) is 0.487. The van der Waals surface area contributed by atoms with Crippen molar-refractivity contribution in [3.63, 3.8) is 0 Å². The van der Waals surface area contributed by atoms with Gasteiger partial charge in [-0.3, -0.25) is 9.78 Å². The summed E-state index contributed by atoms with van der Waals surface area (Å²) in [5.74, 6) is -0.0474. The molecule has 3 aromatic rings. The lowest BCUT2D eigenvalue weighted by Gasteiger charge is -2.28. The highest BCUT2D eigenvalue weighted by atomic mass is 32.1. The third kappa shape index (κ3) is 4.98. The number of rotatable bonds is 9. The van der Waals surface area contributed by atoms with Gasteiger partial charge in [0.15, 0.2) is 5.11 Å². The minimum atomic E-state index is -0.114. The third-order valence-electron chi connectivity index (χ3n) is 5.54. The molecule has 0 bridgehead atoms. The monoisotopic (exact) mass is 449 g/mol. The number of para-hydroxylation sites is 1. The van der Waals surface area contributed by atoms with Gasteiger partial charge in [-0.05, 0) is 48.6 Å². The van der Waals surface area contributed by atoms with Crippen LogP contribution in [-0.2, 0) is 16.1 Å². The number of anilines is 1. The highest BCUT2D eigenvalue weighted by molar-refractivity contribution is 7.80. The first-order chi connectivity index (χ1) is 15.7. The molecule has 0 aliphatic carbocycles. The molecule has 0 saturated carbocycles. The maximum Gasteiger partial charge on any atom is 0.226 e. The molecule has 0 unspecified atom stereocenters. The van der Waals surface area contributed by atoms with Crippen LogP contribution in [0.5, 0.6) is 0 Å². The van der Waals surface area contributed by atoms with Crippen LogP contribution < -0.4 is 10.6 Å². The van der Waals surface area contributed by atoms with Crippen LogP contribution in [-0.4, -0.2) is 45.7 Å². The molecule has 0 radical (unpaired) electrons. The van der Waals surface area contributed by atoms with Gasteiger partial charge in [0, 0.05) is 50.4 Å². The summed E-state index contributed by atoms with van der Waals surface area (Å²) in [7, 11) is 1.70. The average molecular weight is 450 g/mol. The van der Waals surface area contributed by atoms with Crippen LogP contribution >= 0.6 is 12.2 Å². The van der Waals surface area contributed by atoms with Gasteiger partial charge in [0.1, 0.15) is 0 Å². The number of thiocarbonyl (C=S) groups is 1. The number of ether oxygens (including phenoxy) is 1. The predicted octanol–water partition coefficient (Wildman–Crippen LogP) is 3.53. The van der Waals surface area contributed by atoms with Crippen molar-refractivity contribution >= 4 is 28.9 Å². The molecule has 2 aromatic heterocycles. The van der Waals surface area contributed by atoms with Gasteiger partial charge in [0.05, 0.1) is 24.4 Å². The van der Waals surface area contributed by atoms with Crippen molar-refractivity contribution in [2.24, 2.45) is 0 Å². The molecule has 8 heteroatoms. The Bertz CT molecular complexity index is 1040. The van der Waals surface area contributed by atoms with Gasteiger partial charge >= 0.3 is 0 Å². The van der Waals surface area contributed by atoms with Gasteiger partial charge in [-0.1, -0.05) is 24.3 Å². The highest BCUT2D eigenvalue weighted by Crippen LogP contribution is 2.38. The smallest absolute Gasteiger partial charge is 0.226 e. The summed E-state index contributed by atoms with van der Waals surface area (Å²) in [6.07, 6.45) is 4.16. The molecule has 1 aliphatic heterocycles. The molecule has 32 heavy (non-hydrogen) atoms. The van der Waals surface area contributed by atoms with E-state index in [9.17, 15) is 4.79 Å². The van der Waals surface area contributed by atoms with Crippen LogP contribution in [0.1, 0.15) is 29.9 Å². The van der Waals surface area contributed by atoms with E-state index in [-0.39, 0.29) is 18.0 Å². The molecule has 1 aromatic carbocycles. The molecule has 1 fully saturated rings. The SMILES string of the molecule is COCCn1cccc1[C@@H]1[C@@H](c2ccccn2)NC(=S)N1CCC(=O)Nc1ccccc1. The Morgan fingerprint density at radius 2 is 1.94 bits per heavy atom. The molecule has 0 spiro atoms. The topological polar surface area (TPSA) is 71.4 Å². The van der Waals surface area contributed by atoms with Crippen molar-refractivity contribution < 1.29 is 9.53 Å². The second kappa shape index (κ2) is 10.4. The van der Waals surface area contributed by atoms with Crippen LogP contribution in [0, 0.1) is 0 Å². The minimum absolute atomic E-state index is 0.0474. The van der Waals surface area contributed by atoms with Crippen molar-refractivity contribution in [3.8, 4) is 0 Å². The Labute approximate surface area is 193 Å². The van der Waals surface area contributed by atoms with E-state index in [2.05, 4.69) is 31.2 Å². The van der Waals surface area contributed by atoms with Crippen LogP contribution in [0.4, 0.5) is 5.69 Å². The van der Waals surface area contributed by atoms with Gasteiger partial charge < -0.3 is 24.8 Å². The Morgan fingerprint density at radius 1 is 1.12 bits per heavy atom. The second-order valence-electron chi connectivity index (χ2n) is 7.60. The van der Waals surface area contributed by atoms with E-state index in [0.717, 1.165) is 23.6 Å². The lowest BCUT2D eigenvalue weighted by molar-refractivity contribution is -0.116. The average Bonchev–Trinajstić information content (AvgIpc) is 3.41. The molecule has 1 aliphatic rings. The summed E-state index contributed by atoms with van der Waals surface area (Å²) in [6.45, 7) is 1.84. The third-order valence-corrected chi connectivity index (χ3v) is 5.89. The van der Waals surface area contributed by atoms with E-state index < -0.39 is 0 Å². The Hall–Kier alpha value is -3.23. The largest absolute Gasteiger partial charge is 0.383 e. The van der Waals surface area contributed by atoms with Crippen LogP contribution in [0.15, 0.2) is 73.1 Å². The summed E-state index contributed by atoms with van der Waals surface area (Å²) in [6, 6.07) is 19.3. The number of carbonyl (C=O) groups is 1. The Morgan fingerprint density at radius 3 is 2.69 bits per heavy atom. The number of hydrogen-bond acceptors (Lipinski definition) is 4. The van der Waals surface area contributed by atoms with Crippen LogP contribution in [0.2, 0.25) is 0 Å². The van der Waals surface area contributed by atoms with E-state index >= 15 is 0 Å². The molecule has 7 nitrogen and oxygen atoms in total. The van der Waals surface area contributed by atoms with Gasteiger partial charge in [0.25, 0.3) is 0 Å². The van der Waals surface area contributed by atoms with Crippen molar-refractivity contribution in [1.29, 1.82) is 0 Å². The van der Waals surface area contributed by atoms with Crippen molar-refractivity contribution in [2.45, 2.75) is 25.0 Å². The maximum atomic E-state index is 12.6. The van der Waals surface area contributed by atoms with E-state index in [1.807, 2.05) is 60.8 Å². The van der Waals surface area contributed by atoms with Crippen molar-refractivity contribution in [3.05, 3.63) is 84.4 Å². The fourth-order valence-electron chi connectivity index (χ4n) is 4.02. The highest BCUT2D eigenvalue weighted by Gasteiger charge is 2.41. The van der Waals surface area contributed by atoms with Gasteiger partial charge in [-0.2, -0.15) is 0 Å². The zero-order valence-corrected chi connectivity index (χ0v) is 18.8. The molecular formula is C24H27N5O2S. The maximum absolute atomic E-state index is 12.6. The van der Waals surface area contributed by atoms with Crippen molar-refractivity contribution in [1.82, 2.24) is 19.8 Å². The zero-order valence-electron chi connectivity index (χ0n) is 18.0. The van der Waals surface area contributed by atoms with E-state index in [1.165, 1.54) is 0 Å². The number of pyridine rings is 1. The first-order valence-electron chi connectivity index (χ1n) is 10.6. The molecular weight excluding hydrogens is 422 g/mol. The van der Waals surface area contributed by atoms with Gasteiger partial charge in [0.2, 0.25) is 5.91 Å². The van der Waals surface area contributed by atoms with Crippen molar-refractivity contribution in [2.75, 3.05) is 25.6 Å². The first kappa shape index (κ1) is 22.0. The molecule has 3 heterocycles. The summed E-state index contributed by atoms with van der Waals surface area (Å²) in [5.41, 5.74) is 2.81. The van der Waals surface area contributed by atoms with E-state index in [4.69, 9.17) is 17.0 Å². The summed E-state index contributed by atoms with van der Waals surface area (Å²) in [4.78, 5) is 19.3. The first-order valence-corrected chi connectivity index (χ1v) is 11.0. The van der Waals surface area contributed by atoms with Gasteiger partial charge in [-0.15, -0.1) is 0 Å². The number of carbonyl (C=O) groups excluding carboxylic acids is 1.